The van der Waals surface area contributed by atoms with Crippen molar-refractivity contribution < 1.29 is 0 Å². The first-order chi connectivity index (χ1) is 6.27. The zero-order valence-electron chi connectivity index (χ0n) is 8.84. The van der Waals surface area contributed by atoms with Crippen molar-refractivity contribution in [3.8, 4) is 0 Å². The Kier molecular flexibility index (Phi) is 3.97. The predicted molar refractivity (Wildman–Crippen MR) is 63.1 cm³/mol. The Morgan fingerprint density at radius 1 is 1.29 bits per heavy atom. The van der Waals surface area contributed by atoms with Crippen LogP contribution in [0.25, 0.3) is 0 Å². The van der Waals surface area contributed by atoms with Gasteiger partial charge in [0.05, 0.1) is 0 Å². The summed E-state index contributed by atoms with van der Waals surface area (Å²) in [5, 5.41) is 3.54. The predicted octanol–water partition coefficient (Wildman–Crippen LogP) is 3.15. The summed E-state index contributed by atoms with van der Waals surface area (Å²) in [6.45, 7) is 5.55. The normalized spacial score (nSPS) is 20.6. The van der Waals surface area contributed by atoms with E-state index in [0.29, 0.717) is 6.04 Å². The first-order valence-electron chi connectivity index (χ1n) is 5.08. The Bertz CT molecular complexity index is 303. The number of hydrogen-bond acceptors (Lipinski definition) is 1. The fourth-order valence-electron chi connectivity index (χ4n) is 2.09. The topological polar surface area (TPSA) is 12.0 Å². The maximum Gasteiger partial charge on any atom is 0.0323 e. The second kappa shape index (κ2) is 4.81. The molecule has 1 heterocycles. The summed E-state index contributed by atoms with van der Waals surface area (Å²) in [5.41, 5.74) is 4.29. The van der Waals surface area contributed by atoms with Crippen LogP contribution >= 0.6 is 12.4 Å². The Balaban J connectivity index is 0.000000980. The van der Waals surface area contributed by atoms with Gasteiger partial charge in [0, 0.05) is 6.04 Å². The molecule has 1 aliphatic heterocycles. The van der Waals surface area contributed by atoms with E-state index >= 15 is 0 Å². The molecule has 0 saturated carbocycles. The zero-order chi connectivity index (χ0) is 9.26. The summed E-state index contributed by atoms with van der Waals surface area (Å²) in [4.78, 5) is 0. The molecule has 2 rings (SSSR count). The van der Waals surface area contributed by atoms with Crippen LogP contribution in [0.5, 0.6) is 0 Å². The fraction of sp³-hybridized carbons (Fsp3) is 0.500. The summed E-state index contributed by atoms with van der Waals surface area (Å²) in [5.74, 6) is 0. The van der Waals surface area contributed by atoms with Gasteiger partial charge in [-0.25, -0.2) is 0 Å². The van der Waals surface area contributed by atoms with E-state index in [-0.39, 0.29) is 12.4 Å². The second-order valence-electron chi connectivity index (χ2n) is 4.01. The van der Waals surface area contributed by atoms with Gasteiger partial charge in [0.2, 0.25) is 0 Å². The molecule has 1 saturated heterocycles. The lowest BCUT2D eigenvalue weighted by molar-refractivity contribution is 0.643. The summed E-state index contributed by atoms with van der Waals surface area (Å²) in [6, 6.07) is 7.34. The average Bonchev–Trinajstić information content (AvgIpc) is 2.61. The number of nitrogens with one attached hydrogen (secondary N) is 1. The average molecular weight is 212 g/mol. The minimum atomic E-state index is 0. The molecule has 1 aliphatic rings. The second-order valence-corrected chi connectivity index (χ2v) is 4.01. The molecule has 0 aliphatic carbocycles. The van der Waals surface area contributed by atoms with Crippen LogP contribution in [0.15, 0.2) is 18.2 Å². The summed E-state index contributed by atoms with van der Waals surface area (Å²) in [6.07, 6.45) is 2.61. The van der Waals surface area contributed by atoms with Gasteiger partial charge < -0.3 is 5.32 Å². The van der Waals surface area contributed by atoms with Crippen LogP contribution in [0.3, 0.4) is 0 Å². The monoisotopic (exact) mass is 211 g/mol. The smallest absolute Gasteiger partial charge is 0.0323 e. The fourth-order valence-corrected chi connectivity index (χ4v) is 2.09. The van der Waals surface area contributed by atoms with Gasteiger partial charge in [-0.1, -0.05) is 23.8 Å². The minimum absolute atomic E-state index is 0. The standard InChI is InChI=1S/C12H17N.ClH/c1-9-5-6-10(2)11(8-9)12-4-3-7-13-12;/h5-6,8,12-13H,3-4,7H2,1-2H3;1H. The Labute approximate surface area is 92.3 Å². The molecule has 1 fully saturated rings. The molecule has 1 N–H and O–H groups in total. The molecule has 0 radical (unpaired) electrons. The molecule has 0 amide bonds. The Morgan fingerprint density at radius 2 is 2.07 bits per heavy atom. The van der Waals surface area contributed by atoms with E-state index in [1.54, 1.807) is 0 Å². The van der Waals surface area contributed by atoms with E-state index < -0.39 is 0 Å². The van der Waals surface area contributed by atoms with E-state index in [4.69, 9.17) is 0 Å². The third kappa shape index (κ3) is 2.28. The van der Waals surface area contributed by atoms with Gasteiger partial charge in [0.25, 0.3) is 0 Å². The molecular weight excluding hydrogens is 194 g/mol. The lowest BCUT2D eigenvalue weighted by Crippen LogP contribution is -2.14. The van der Waals surface area contributed by atoms with Gasteiger partial charge in [-0.2, -0.15) is 0 Å². The highest BCUT2D eigenvalue weighted by Gasteiger charge is 2.17. The molecule has 0 spiro atoms. The number of hydrogen-bond donors (Lipinski definition) is 1. The van der Waals surface area contributed by atoms with Crippen molar-refractivity contribution in [2.45, 2.75) is 32.7 Å². The summed E-state index contributed by atoms with van der Waals surface area (Å²) >= 11 is 0. The van der Waals surface area contributed by atoms with Gasteiger partial charge >= 0.3 is 0 Å². The molecule has 1 atom stereocenters. The number of benzene rings is 1. The zero-order valence-corrected chi connectivity index (χ0v) is 9.66. The van der Waals surface area contributed by atoms with Gasteiger partial charge in [-0.3, -0.25) is 0 Å². The quantitative estimate of drug-likeness (QED) is 0.753. The molecule has 2 heteroatoms. The third-order valence-corrected chi connectivity index (χ3v) is 2.87. The van der Waals surface area contributed by atoms with Crippen molar-refractivity contribution in [1.82, 2.24) is 5.32 Å². The molecule has 0 bridgehead atoms. The van der Waals surface area contributed by atoms with E-state index in [2.05, 4.69) is 37.4 Å². The highest BCUT2D eigenvalue weighted by molar-refractivity contribution is 5.85. The molecule has 14 heavy (non-hydrogen) atoms. The summed E-state index contributed by atoms with van der Waals surface area (Å²) < 4.78 is 0. The van der Waals surface area contributed by atoms with E-state index in [1.165, 1.54) is 36.1 Å². The number of halogens is 1. The maximum atomic E-state index is 3.54. The Morgan fingerprint density at radius 3 is 2.71 bits per heavy atom. The van der Waals surface area contributed by atoms with Gasteiger partial charge in [-0.05, 0) is 44.4 Å². The van der Waals surface area contributed by atoms with Gasteiger partial charge in [0.1, 0.15) is 0 Å². The van der Waals surface area contributed by atoms with Gasteiger partial charge in [-0.15, -0.1) is 12.4 Å². The molecule has 1 aromatic rings. The SMILES string of the molecule is Cc1ccc(C)c(C2CCCN2)c1.Cl. The van der Waals surface area contributed by atoms with Crippen molar-refractivity contribution in [2.75, 3.05) is 6.54 Å². The third-order valence-electron chi connectivity index (χ3n) is 2.87. The van der Waals surface area contributed by atoms with Crippen LogP contribution in [0.4, 0.5) is 0 Å². The molecule has 1 nitrogen and oxygen atoms in total. The van der Waals surface area contributed by atoms with Gasteiger partial charge in [0.15, 0.2) is 0 Å². The molecule has 0 aromatic heterocycles. The van der Waals surface area contributed by atoms with Crippen LogP contribution in [-0.2, 0) is 0 Å². The highest BCUT2D eigenvalue weighted by atomic mass is 35.5. The van der Waals surface area contributed by atoms with Crippen LogP contribution in [0, 0.1) is 13.8 Å². The first-order valence-corrected chi connectivity index (χ1v) is 5.08. The van der Waals surface area contributed by atoms with Crippen LogP contribution in [0.1, 0.15) is 35.6 Å². The van der Waals surface area contributed by atoms with E-state index in [1.807, 2.05) is 0 Å². The maximum absolute atomic E-state index is 3.54. The van der Waals surface area contributed by atoms with Crippen LogP contribution < -0.4 is 5.32 Å². The van der Waals surface area contributed by atoms with Crippen molar-refractivity contribution in [2.24, 2.45) is 0 Å². The van der Waals surface area contributed by atoms with E-state index in [0.717, 1.165) is 0 Å². The summed E-state index contributed by atoms with van der Waals surface area (Å²) in [7, 11) is 0. The first kappa shape index (κ1) is 11.5. The van der Waals surface area contributed by atoms with Crippen molar-refractivity contribution >= 4 is 12.4 Å². The molecule has 1 unspecified atom stereocenters. The molecule has 1 aromatic carbocycles. The van der Waals surface area contributed by atoms with Crippen molar-refractivity contribution in [3.63, 3.8) is 0 Å². The minimum Gasteiger partial charge on any atom is -0.310 e. The van der Waals surface area contributed by atoms with Crippen LogP contribution in [0.2, 0.25) is 0 Å². The highest BCUT2D eigenvalue weighted by Crippen LogP contribution is 2.26. The van der Waals surface area contributed by atoms with Crippen molar-refractivity contribution in [1.29, 1.82) is 0 Å². The Hall–Kier alpha value is -0.530. The molecular formula is C12H18ClN. The lowest BCUT2D eigenvalue weighted by atomic mass is 9.98. The van der Waals surface area contributed by atoms with E-state index in [9.17, 15) is 0 Å². The van der Waals surface area contributed by atoms with Crippen molar-refractivity contribution in [3.05, 3.63) is 34.9 Å². The number of rotatable bonds is 1. The number of aryl methyl sites for hydroxylation is 2. The lowest BCUT2D eigenvalue weighted by Gasteiger charge is -2.14. The van der Waals surface area contributed by atoms with Crippen LogP contribution in [-0.4, -0.2) is 6.54 Å². The largest absolute Gasteiger partial charge is 0.310 e. The molecule has 78 valence electrons.